The largest absolute Gasteiger partial charge is 0.297 e. The van der Waals surface area contributed by atoms with Gasteiger partial charge in [-0.3, -0.25) is 9.88 Å². The van der Waals surface area contributed by atoms with E-state index < -0.39 is 0 Å². The molecule has 2 rings (SSSR count). The van der Waals surface area contributed by atoms with Crippen LogP contribution in [0, 0.1) is 5.92 Å². The summed E-state index contributed by atoms with van der Waals surface area (Å²) in [6.07, 6.45) is 5.89. The van der Waals surface area contributed by atoms with E-state index in [1.165, 1.54) is 38.0 Å². The number of piperidine rings is 1. The van der Waals surface area contributed by atoms with Crippen LogP contribution in [0.1, 0.15) is 25.0 Å². The Morgan fingerprint density at radius 1 is 1.41 bits per heavy atom. The summed E-state index contributed by atoms with van der Waals surface area (Å²) in [5.41, 5.74) is 1.17. The average Bonchev–Trinajstić information content (AvgIpc) is 2.33. The highest BCUT2D eigenvalue weighted by molar-refractivity contribution is 9.10. The fourth-order valence-corrected chi connectivity index (χ4v) is 3.30. The Bertz CT molecular complexity index is 338. The normalized spacial score (nSPS) is 21.6. The van der Waals surface area contributed by atoms with E-state index in [1.54, 1.807) is 0 Å². The quantitative estimate of drug-likeness (QED) is 0.757. The molecule has 0 spiro atoms. The number of aromatic nitrogens is 1. The van der Waals surface area contributed by atoms with Gasteiger partial charge in [0.05, 0.1) is 5.69 Å². The number of nitrogens with zero attached hydrogens (tertiary/aromatic N) is 2. The van der Waals surface area contributed by atoms with Crippen molar-refractivity contribution in [2.75, 3.05) is 18.4 Å². The maximum absolute atomic E-state index is 4.45. The fourth-order valence-electron chi connectivity index (χ4n) is 2.41. The van der Waals surface area contributed by atoms with Crippen LogP contribution in [-0.2, 0) is 6.54 Å². The van der Waals surface area contributed by atoms with Crippen LogP contribution in [-0.4, -0.2) is 28.3 Å². The molecule has 1 atom stereocenters. The second kappa shape index (κ2) is 6.86. The van der Waals surface area contributed by atoms with Crippen LogP contribution in [0.3, 0.4) is 0 Å². The molecular formula is C13H18Br2N2. The van der Waals surface area contributed by atoms with E-state index in [2.05, 4.69) is 53.9 Å². The van der Waals surface area contributed by atoms with Gasteiger partial charge in [0.1, 0.15) is 0 Å². The Morgan fingerprint density at radius 2 is 2.29 bits per heavy atom. The van der Waals surface area contributed by atoms with Gasteiger partial charge >= 0.3 is 0 Å². The van der Waals surface area contributed by atoms with Gasteiger partial charge in [-0.1, -0.05) is 15.9 Å². The summed E-state index contributed by atoms with van der Waals surface area (Å²) in [5, 5.41) is 1.13. The van der Waals surface area contributed by atoms with Crippen molar-refractivity contribution in [2.45, 2.75) is 25.8 Å². The summed E-state index contributed by atoms with van der Waals surface area (Å²) >= 11 is 6.96. The van der Waals surface area contributed by atoms with E-state index in [0.29, 0.717) is 0 Å². The van der Waals surface area contributed by atoms with Crippen molar-refractivity contribution in [3.8, 4) is 0 Å². The van der Waals surface area contributed by atoms with E-state index in [-0.39, 0.29) is 0 Å². The summed E-state index contributed by atoms with van der Waals surface area (Å²) in [7, 11) is 0. The molecule has 0 bridgehead atoms. The first kappa shape index (κ1) is 13.5. The third-order valence-electron chi connectivity index (χ3n) is 3.29. The number of likely N-dealkylation sites (tertiary alicyclic amines) is 1. The summed E-state index contributed by atoms with van der Waals surface area (Å²) < 4.78 is 1.05. The summed E-state index contributed by atoms with van der Waals surface area (Å²) in [5.74, 6) is 0.860. The first-order valence-electron chi connectivity index (χ1n) is 6.16. The van der Waals surface area contributed by atoms with Crippen LogP contribution in [0.5, 0.6) is 0 Å². The number of alkyl halides is 1. The van der Waals surface area contributed by atoms with Gasteiger partial charge in [-0.2, -0.15) is 0 Å². The van der Waals surface area contributed by atoms with Gasteiger partial charge in [-0.15, -0.1) is 0 Å². The Labute approximate surface area is 120 Å². The second-order valence-corrected chi connectivity index (χ2v) is 6.40. The molecule has 2 heterocycles. The van der Waals surface area contributed by atoms with E-state index in [9.17, 15) is 0 Å². The lowest BCUT2D eigenvalue weighted by Crippen LogP contribution is -2.35. The molecule has 0 aliphatic carbocycles. The zero-order chi connectivity index (χ0) is 12.1. The molecule has 0 amide bonds. The van der Waals surface area contributed by atoms with Gasteiger partial charge in [0, 0.05) is 29.1 Å². The zero-order valence-corrected chi connectivity index (χ0v) is 13.1. The lowest BCUT2D eigenvalue weighted by Gasteiger charge is -2.32. The van der Waals surface area contributed by atoms with Crippen molar-refractivity contribution in [1.82, 2.24) is 9.88 Å². The molecule has 1 fully saturated rings. The smallest absolute Gasteiger partial charge is 0.0544 e. The molecule has 0 saturated carbocycles. The summed E-state index contributed by atoms with van der Waals surface area (Å²) in [6, 6.07) is 4.18. The number of rotatable bonds is 4. The molecule has 4 heteroatoms. The Hall–Kier alpha value is 0.0700. The predicted molar refractivity (Wildman–Crippen MR) is 78.3 cm³/mol. The minimum atomic E-state index is 0.860. The van der Waals surface area contributed by atoms with Gasteiger partial charge < -0.3 is 0 Å². The molecular weight excluding hydrogens is 344 g/mol. The number of hydrogen-bond acceptors (Lipinski definition) is 2. The van der Waals surface area contributed by atoms with Crippen LogP contribution < -0.4 is 0 Å². The van der Waals surface area contributed by atoms with Gasteiger partial charge in [-0.25, -0.2) is 0 Å². The minimum absolute atomic E-state index is 0.860. The topological polar surface area (TPSA) is 16.1 Å². The van der Waals surface area contributed by atoms with Crippen LogP contribution in [0.4, 0.5) is 0 Å². The molecule has 1 aromatic rings. The van der Waals surface area contributed by atoms with Crippen molar-refractivity contribution in [3.63, 3.8) is 0 Å². The molecule has 1 saturated heterocycles. The highest BCUT2D eigenvalue weighted by Crippen LogP contribution is 2.21. The van der Waals surface area contributed by atoms with E-state index in [1.807, 2.05) is 6.20 Å². The maximum Gasteiger partial charge on any atom is 0.0544 e. The third-order valence-corrected chi connectivity index (χ3v) is 4.22. The second-order valence-electron chi connectivity index (χ2n) is 4.69. The Morgan fingerprint density at radius 3 is 3.00 bits per heavy atom. The van der Waals surface area contributed by atoms with Crippen molar-refractivity contribution >= 4 is 31.9 Å². The molecule has 0 aromatic carbocycles. The van der Waals surface area contributed by atoms with Gasteiger partial charge in [0.15, 0.2) is 0 Å². The average molecular weight is 362 g/mol. The Kier molecular flexibility index (Phi) is 5.45. The van der Waals surface area contributed by atoms with Crippen LogP contribution in [0.2, 0.25) is 0 Å². The third kappa shape index (κ3) is 4.34. The molecule has 1 unspecified atom stereocenters. The monoisotopic (exact) mass is 360 g/mol. The van der Waals surface area contributed by atoms with Gasteiger partial charge in [0.25, 0.3) is 0 Å². The SMILES string of the molecule is BrCCC1CCCN(Cc2ccc(Br)cn2)C1. The molecule has 0 N–H and O–H groups in total. The van der Waals surface area contributed by atoms with Crippen molar-refractivity contribution < 1.29 is 0 Å². The maximum atomic E-state index is 4.45. The van der Waals surface area contributed by atoms with Crippen LogP contribution in [0.25, 0.3) is 0 Å². The molecule has 1 aromatic heterocycles. The van der Waals surface area contributed by atoms with Crippen molar-refractivity contribution in [2.24, 2.45) is 5.92 Å². The molecule has 0 radical (unpaired) electrons. The van der Waals surface area contributed by atoms with Gasteiger partial charge in [-0.05, 0) is 59.8 Å². The highest BCUT2D eigenvalue weighted by atomic mass is 79.9. The number of pyridine rings is 1. The lowest BCUT2D eigenvalue weighted by atomic mass is 9.95. The fraction of sp³-hybridized carbons (Fsp3) is 0.615. The predicted octanol–water partition coefficient (Wildman–Crippen LogP) is 3.84. The van der Waals surface area contributed by atoms with E-state index >= 15 is 0 Å². The molecule has 1 aliphatic heterocycles. The first-order valence-corrected chi connectivity index (χ1v) is 8.08. The van der Waals surface area contributed by atoms with E-state index in [4.69, 9.17) is 0 Å². The van der Waals surface area contributed by atoms with Crippen LogP contribution >= 0.6 is 31.9 Å². The van der Waals surface area contributed by atoms with Crippen LogP contribution in [0.15, 0.2) is 22.8 Å². The molecule has 94 valence electrons. The zero-order valence-electron chi connectivity index (χ0n) is 9.91. The van der Waals surface area contributed by atoms with Gasteiger partial charge in [0.2, 0.25) is 0 Å². The lowest BCUT2D eigenvalue weighted by molar-refractivity contribution is 0.164. The molecule has 2 nitrogen and oxygen atoms in total. The standard InChI is InChI=1S/C13H18Br2N2/c14-6-5-11-2-1-7-17(9-11)10-13-4-3-12(15)8-16-13/h3-4,8,11H,1-2,5-7,9-10H2. The highest BCUT2D eigenvalue weighted by Gasteiger charge is 2.19. The summed E-state index contributed by atoms with van der Waals surface area (Å²) in [6.45, 7) is 3.44. The summed E-state index contributed by atoms with van der Waals surface area (Å²) in [4.78, 5) is 6.98. The number of halogens is 2. The van der Waals surface area contributed by atoms with Crippen molar-refractivity contribution in [1.29, 1.82) is 0 Å². The molecule has 1 aliphatic rings. The first-order chi connectivity index (χ1) is 8.28. The van der Waals surface area contributed by atoms with E-state index in [0.717, 1.165) is 22.3 Å². The minimum Gasteiger partial charge on any atom is -0.297 e. The van der Waals surface area contributed by atoms with Crippen molar-refractivity contribution in [3.05, 3.63) is 28.5 Å². The molecule has 17 heavy (non-hydrogen) atoms. The number of hydrogen-bond donors (Lipinski definition) is 0. The Balaban J connectivity index is 1.87.